The van der Waals surface area contributed by atoms with Crippen LogP contribution in [0.1, 0.15) is 36.1 Å². The molecule has 2 aromatic carbocycles. The van der Waals surface area contributed by atoms with Gasteiger partial charge in [0, 0.05) is 12.1 Å². The Morgan fingerprint density at radius 3 is 2.61 bits per heavy atom. The molecule has 0 fully saturated rings. The highest BCUT2D eigenvalue weighted by molar-refractivity contribution is 5.84. The second-order valence-corrected chi connectivity index (χ2v) is 7.46. The lowest BCUT2D eigenvalue weighted by Crippen LogP contribution is -2.39. The maximum absolute atomic E-state index is 13.3. The third-order valence-electron chi connectivity index (χ3n) is 5.15. The third-order valence-corrected chi connectivity index (χ3v) is 5.15. The van der Waals surface area contributed by atoms with E-state index in [-0.39, 0.29) is 37.6 Å². The summed E-state index contributed by atoms with van der Waals surface area (Å²) in [5.41, 5.74) is 6.25. The van der Waals surface area contributed by atoms with Crippen molar-refractivity contribution in [1.82, 2.24) is 14.9 Å². The Bertz CT molecular complexity index is 1150. The average Bonchev–Trinajstić information content (AvgIpc) is 3.18. The van der Waals surface area contributed by atoms with E-state index in [2.05, 4.69) is 15.3 Å². The number of anilines is 1. The summed E-state index contributed by atoms with van der Waals surface area (Å²) in [5.74, 6) is -0.931. The highest BCUT2D eigenvalue weighted by atomic mass is 19.4. The lowest BCUT2D eigenvalue weighted by atomic mass is 10.0. The topological polar surface area (TPSA) is 124 Å². The number of amides is 2. The zero-order valence-corrected chi connectivity index (χ0v) is 17.8. The maximum atomic E-state index is 13.3. The molecule has 2 amide bonds. The van der Waals surface area contributed by atoms with E-state index in [1.165, 1.54) is 17.0 Å². The lowest BCUT2D eigenvalue weighted by molar-refractivity contribution is -0.137. The largest absolute Gasteiger partial charge is 0.416 e. The van der Waals surface area contributed by atoms with E-state index >= 15 is 0 Å². The first-order chi connectivity index (χ1) is 15.6. The predicted molar refractivity (Wildman–Crippen MR) is 116 cm³/mol. The van der Waals surface area contributed by atoms with Crippen molar-refractivity contribution in [2.45, 2.75) is 32.2 Å². The molecule has 33 heavy (non-hydrogen) atoms. The van der Waals surface area contributed by atoms with Gasteiger partial charge < -0.3 is 26.0 Å². The number of nitrogens with one attached hydrogen (secondary N) is 2. The third kappa shape index (κ3) is 5.80. The van der Waals surface area contributed by atoms with Gasteiger partial charge in [0.05, 0.1) is 42.2 Å². The molecule has 1 atom stereocenters. The van der Waals surface area contributed by atoms with Crippen LogP contribution in [0.4, 0.5) is 19.1 Å². The summed E-state index contributed by atoms with van der Waals surface area (Å²) in [5, 5.41) is 12.5. The van der Waals surface area contributed by atoms with E-state index in [1.54, 1.807) is 25.1 Å². The van der Waals surface area contributed by atoms with E-state index in [9.17, 15) is 27.9 Å². The molecule has 3 aromatic rings. The minimum absolute atomic E-state index is 0.210. The van der Waals surface area contributed by atoms with Gasteiger partial charge in [0.25, 0.3) is 0 Å². The number of primary amides is 1. The summed E-state index contributed by atoms with van der Waals surface area (Å²) in [6, 6.07) is 8.94. The Balaban J connectivity index is 1.97. The van der Waals surface area contributed by atoms with Crippen LogP contribution in [0.5, 0.6) is 0 Å². The van der Waals surface area contributed by atoms with E-state index < -0.39 is 29.6 Å². The van der Waals surface area contributed by atoms with Gasteiger partial charge >= 0.3 is 6.18 Å². The van der Waals surface area contributed by atoms with Crippen LogP contribution in [0, 0.1) is 0 Å². The van der Waals surface area contributed by atoms with Crippen molar-refractivity contribution >= 4 is 28.8 Å². The van der Waals surface area contributed by atoms with Gasteiger partial charge in [0.2, 0.25) is 17.8 Å². The number of imidazole rings is 1. The summed E-state index contributed by atoms with van der Waals surface area (Å²) < 4.78 is 39.8. The molecule has 0 saturated carbocycles. The number of aliphatic hydroxyl groups excluding tert-OH is 1. The van der Waals surface area contributed by atoms with Crippen LogP contribution in [-0.2, 0) is 22.4 Å². The van der Waals surface area contributed by atoms with Crippen LogP contribution in [0.3, 0.4) is 0 Å². The number of rotatable bonds is 9. The number of aromatic amines is 1. The summed E-state index contributed by atoms with van der Waals surface area (Å²) >= 11 is 0. The zero-order valence-electron chi connectivity index (χ0n) is 17.8. The molecule has 0 aliphatic rings. The zero-order chi connectivity index (χ0) is 24.2. The Hall–Kier alpha value is -3.60. The fourth-order valence-corrected chi connectivity index (χ4v) is 3.50. The number of carbonyl (C=O) groups excluding carboxylic acids is 2. The number of alkyl halides is 3. The molecule has 0 aliphatic carbocycles. The number of nitrogens with zero attached hydrogens (tertiary/aromatic N) is 2. The molecule has 0 aliphatic heterocycles. The predicted octanol–water partition coefficient (Wildman–Crippen LogP) is 2.95. The van der Waals surface area contributed by atoms with Gasteiger partial charge in [0.1, 0.15) is 0 Å². The molecule has 11 heteroatoms. The van der Waals surface area contributed by atoms with Crippen molar-refractivity contribution in [3.63, 3.8) is 0 Å². The van der Waals surface area contributed by atoms with Gasteiger partial charge in [-0.05, 0) is 30.7 Å². The molecule has 0 bridgehead atoms. The number of benzene rings is 2. The summed E-state index contributed by atoms with van der Waals surface area (Å²) in [6.45, 7) is 1.34. The molecule has 3 rings (SSSR count). The number of H-pyrrole nitrogens is 1. The SMILES string of the molecule is CCN(CC(N)=O)C(=O)CC(Nc1nc2c(CO)cccc2[nH]1)c1cccc(C(F)(F)F)c1. The number of halogens is 3. The molecular formula is C22H24F3N5O3. The number of likely N-dealkylation sites (N-methyl/N-ethyl adjacent to an activating group) is 1. The number of para-hydroxylation sites is 1. The summed E-state index contributed by atoms with van der Waals surface area (Å²) in [7, 11) is 0. The minimum atomic E-state index is -4.55. The van der Waals surface area contributed by atoms with Crippen LogP contribution in [0.15, 0.2) is 42.5 Å². The maximum Gasteiger partial charge on any atom is 0.416 e. The fraction of sp³-hybridized carbons (Fsp3) is 0.318. The van der Waals surface area contributed by atoms with Crippen molar-refractivity contribution in [3.8, 4) is 0 Å². The number of fused-ring (bicyclic) bond motifs is 1. The average molecular weight is 463 g/mol. The van der Waals surface area contributed by atoms with Gasteiger partial charge in [-0.25, -0.2) is 4.98 Å². The molecule has 5 N–H and O–H groups in total. The Morgan fingerprint density at radius 2 is 1.97 bits per heavy atom. The first-order valence-electron chi connectivity index (χ1n) is 10.2. The highest BCUT2D eigenvalue weighted by Crippen LogP contribution is 2.32. The van der Waals surface area contributed by atoms with Crippen LogP contribution >= 0.6 is 0 Å². The second kappa shape index (κ2) is 9.90. The molecule has 1 heterocycles. The highest BCUT2D eigenvalue weighted by Gasteiger charge is 2.31. The quantitative estimate of drug-likeness (QED) is 0.388. The van der Waals surface area contributed by atoms with Crippen LogP contribution in [0.2, 0.25) is 0 Å². The van der Waals surface area contributed by atoms with Crippen LogP contribution < -0.4 is 11.1 Å². The van der Waals surface area contributed by atoms with Gasteiger partial charge in [0.15, 0.2) is 0 Å². The molecule has 0 radical (unpaired) electrons. The molecule has 176 valence electrons. The number of hydrogen-bond donors (Lipinski definition) is 4. The number of hydrogen-bond acceptors (Lipinski definition) is 5. The number of nitrogens with two attached hydrogens (primary N) is 1. The normalized spacial score (nSPS) is 12.5. The summed E-state index contributed by atoms with van der Waals surface area (Å²) in [6.07, 6.45) is -4.80. The minimum Gasteiger partial charge on any atom is -0.392 e. The van der Waals surface area contributed by atoms with E-state index in [0.717, 1.165) is 12.1 Å². The monoisotopic (exact) mass is 463 g/mol. The molecule has 0 spiro atoms. The smallest absolute Gasteiger partial charge is 0.392 e. The van der Waals surface area contributed by atoms with Crippen molar-refractivity contribution in [2.75, 3.05) is 18.4 Å². The first kappa shape index (κ1) is 24.1. The van der Waals surface area contributed by atoms with Crippen LogP contribution in [0.25, 0.3) is 11.0 Å². The number of carbonyl (C=O) groups is 2. The number of aromatic nitrogens is 2. The van der Waals surface area contributed by atoms with E-state index in [0.29, 0.717) is 16.6 Å². The molecule has 0 saturated heterocycles. The standard InChI is InChI=1S/C22H24F3N5O3/c1-2-30(11-18(26)32)19(33)10-17(13-5-3-7-15(9-13)22(23,24)25)28-21-27-16-8-4-6-14(12-31)20(16)29-21/h3-9,17,31H,2,10-12H2,1H3,(H2,26,32)(H2,27,28,29). The van der Waals surface area contributed by atoms with Gasteiger partial charge in [-0.2, -0.15) is 13.2 Å². The Kier molecular flexibility index (Phi) is 7.22. The van der Waals surface area contributed by atoms with Gasteiger partial charge in [-0.15, -0.1) is 0 Å². The fourth-order valence-electron chi connectivity index (χ4n) is 3.50. The van der Waals surface area contributed by atoms with E-state index in [1.807, 2.05) is 0 Å². The van der Waals surface area contributed by atoms with Crippen molar-refractivity contribution in [2.24, 2.45) is 5.73 Å². The van der Waals surface area contributed by atoms with E-state index in [4.69, 9.17) is 5.73 Å². The van der Waals surface area contributed by atoms with Crippen LogP contribution in [-0.4, -0.2) is 44.9 Å². The first-order valence-corrected chi connectivity index (χ1v) is 10.2. The lowest BCUT2D eigenvalue weighted by Gasteiger charge is -2.24. The second-order valence-electron chi connectivity index (χ2n) is 7.46. The molecule has 1 unspecified atom stereocenters. The van der Waals surface area contributed by atoms with Gasteiger partial charge in [-0.1, -0.05) is 24.3 Å². The van der Waals surface area contributed by atoms with Crippen molar-refractivity contribution in [1.29, 1.82) is 0 Å². The van der Waals surface area contributed by atoms with Gasteiger partial charge in [-0.3, -0.25) is 9.59 Å². The summed E-state index contributed by atoms with van der Waals surface area (Å²) in [4.78, 5) is 32.7. The molecule has 8 nitrogen and oxygen atoms in total. The Morgan fingerprint density at radius 1 is 1.24 bits per heavy atom. The molecular weight excluding hydrogens is 439 g/mol. The molecule has 1 aromatic heterocycles. The van der Waals surface area contributed by atoms with Crippen molar-refractivity contribution in [3.05, 3.63) is 59.2 Å². The number of aliphatic hydroxyl groups is 1. The van der Waals surface area contributed by atoms with Crippen molar-refractivity contribution < 1.29 is 27.9 Å². The Labute approximate surface area is 187 Å².